The summed E-state index contributed by atoms with van der Waals surface area (Å²) in [5, 5.41) is 19.9. The van der Waals surface area contributed by atoms with Crippen LogP contribution < -0.4 is 5.32 Å². The molecule has 0 atom stereocenters. The van der Waals surface area contributed by atoms with Crippen LogP contribution in [0.15, 0.2) is 30.5 Å². The summed E-state index contributed by atoms with van der Waals surface area (Å²) in [5.74, 6) is -1.62. The SMILES string of the molecule is Cc1cccc(-n2cc(C(=O)NC3(C(=O)O)CCOCC3)nn2)c1. The van der Waals surface area contributed by atoms with Crippen molar-refractivity contribution in [3.63, 3.8) is 0 Å². The Kier molecular flexibility index (Phi) is 4.30. The zero-order chi connectivity index (χ0) is 17.2. The van der Waals surface area contributed by atoms with Crippen LogP contribution in [-0.4, -0.2) is 50.7 Å². The van der Waals surface area contributed by atoms with Gasteiger partial charge in [0.1, 0.15) is 5.54 Å². The number of hydrogen-bond donors (Lipinski definition) is 2. The van der Waals surface area contributed by atoms with Gasteiger partial charge >= 0.3 is 5.97 Å². The fourth-order valence-electron chi connectivity index (χ4n) is 2.66. The first-order chi connectivity index (χ1) is 11.5. The van der Waals surface area contributed by atoms with E-state index in [1.807, 2.05) is 31.2 Å². The Hall–Kier alpha value is -2.74. The van der Waals surface area contributed by atoms with Crippen molar-refractivity contribution in [1.29, 1.82) is 0 Å². The summed E-state index contributed by atoms with van der Waals surface area (Å²) in [4.78, 5) is 24.0. The van der Waals surface area contributed by atoms with Gasteiger partial charge in [0, 0.05) is 26.1 Å². The minimum Gasteiger partial charge on any atom is -0.480 e. The molecule has 1 aromatic carbocycles. The van der Waals surface area contributed by atoms with Gasteiger partial charge in [-0.3, -0.25) is 4.79 Å². The summed E-state index contributed by atoms with van der Waals surface area (Å²) in [6.07, 6.45) is 1.93. The van der Waals surface area contributed by atoms with Gasteiger partial charge in [0.05, 0.1) is 11.9 Å². The smallest absolute Gasteiger partial charge is 0.329 e. The minimum atomic E-state index is -1.32. The molecule has 3 rings (SSSR count). The first kappa shape index (κ1) is 16.1. The summed E-state index contributed by atoms with van der Waals surface area (Å²) in [6, 6.07) is 7.59. The quantitative estimate of drug-likeness (QED) is 0.864. The maximum absolute atomic E-state index is 12.4. The summed E-state index contributed by atoms with van der Waals surface area (Å²) in [5.41, 5.74) is 0.591. The normalized spacial score (nSPS) is 16.5. The van der Waals surface area contributed by atoms with Crippen molar-refractivity contribution in [3.05, 3.63) is 41.7 Å². The van der Waals surface area contributed by atoms with Crippen LogP contribution in [-0.2, 0) is 9.53 Å². The first-order valence-corrected chi connectivity index (χ1v) is 7.63. The molecule has 126 valence electrons. The average molecular weight is 330 g/mol. The van der Waals surface area contributed by atoms with Crippen LogP contribution in [0.5, 0.6) is 0 Å². The van der Waals surface area contributed by atoms with Gasteiger partial charge in [0.15, 0.2) is 5.69 Å². The average Bonchev–Trinajstić information content (AvgIpc) is 3.06. The second kappa shape index (κ2) is 6.40. The van der Waals surface area contributed by atoms with Crippen LogP contribution in [0.25, 0.3) is 5.69 Å². The van der Waals surface area contributed by atoms with Crippen LogP contribution >= 0.6 is 0 Å². The third kappa shape index (κ3) is 3.13. The van der Waals surface area contributed by atoms with Crippen molar-refractivity contribution in [1.82, 2.24) is 20.3 Å². The number of carboxylic acid groups (broad SMARTS) is 1. The molecule has 2 heterocycles. The number of amides is 1. The van der Waals surface area contributed by atoms with Crippen molar-refractivity contribution in [2.75, 3.05) is 13.2 Å². The van der Waals surface area contributed by atoms with E-state index in [-0.39, 0.29) is 18.5 Å². The number of carboxylic acids is 1. The monoisotopic (exact) mass is 330 g/mol. The van der Waals surface area contributed by atoms with E-state index in [4.69, 9.17) is 4.74 Å². The van der Waals surface area contributed by atoms with E-state index in [2.05, 4.69) is 15.6 Å². The number of benzene rings is 1. The van der Waals surface area contributed by atoms with Crippen LogP contribution in [0.4, 0.5) is 0 Å². The van der Waals surface area contributed by atoms with E-state index in [1.54, 1.807) is 0 Å². The summed E-state index contributed by atoms with van der Waals surface area (Å²) in [7, 11) is 0. The number of aryl methyl sites for hydroxylation is 1. The molecular weight excluding hydrogens is 312 g/mol. The highest BCUT2D eigenvalue weighted by molar-refractivity contribution is 5.96. The molecule has 1 aliphatic heterocycles. The summed E-state index contributed by atoms with van der Waals surface area (Å²) in [6.45, 7) is 2.54. The minimum absolute atomic E-state index is 0.0728. The lowest BCUT2D eigenvalue weighted by Crippen LogP contribution is -2.57. The third-order valence-electron chi connectivity index (χ3n) is 4.10. The van der Waals surface area contributed by atoms with Gasteiger partial charge in [-0.2, -0.15) is 0 Å². The highest BCUT2D eigenvalue weighted by atomic mass is 16.5. The van der Waals surface area contributed by atoms with E-state index in [9.17, 15) is 14.7 Å². The molecule has 24 heavy (non-hydrogen) atoms. The van der Waals surface area contributed by atoms with Crippen LogP contribution in [0, 0.1) is 6.92 Å². The molecule has 0 unspecified atom stereocenters. The molecule has 8 nitrogen and oxygen atoms in total. The molecule has 0 saturated carbocycles. The van der Waals surface area contributed by atoms with E-state index in [0.717, 1.165) is 11.3 Å². The number of rotatable bonds is 4. The lowest BCUT2D eigenvalue weighted by molar-refractivity contribution is -0.148. The molecule has 0 aliphatic carbocycles. The Bertz CT molecular complexity index is 765. The second-order valence-electron chi connectivity index (χ2n) is 5.84. The molecule has 8 heteroatoms. The number of carbonyl (C=O) groups is 2. The fraction of sp³-hybridized carbons (Fsp3) is 0.375. The number of hydrogen-bond acceptors (Lipinski definition) is 5. The zero-order valence-corrected chi connectivity index (χ0v) is 13.2. The maximum atomic E-state index is 12.4. The Labute approximate surface area is 138 Å². The molecule has 0 bridgehead atoms. The van der Waals surface area contributed by atoms with Gasteiger partial charge in [-0.25, -0.2) is 9.48 Å². The standard InChI is InChI=1S/C16H18N4O4/c1-11-3-2-4-12(9-11)20-10-13(18-19-20)14(21)17-16(15(22)23)5-7-24-8-6-16/h2-4,9-10H,5-8H2,1H3,(H,17,21)(H,22,23). The van der Waals surface area contributed by atoms with Crippen LogP contribution in [0.1, 0.15) is 28.9 Å². The van der Waals surface area contributed by atoms with E-state index in [1.165, 1.54) is 10.9 Å². The zero-order valence-electron chi connectivity index (χ0n) is 13.2. The molecule has 0 spiro atoms. The molecule has 1 fully saturated rings. The van der Waals surface area contributed by atoms with Gasteiger partial charge in [-0.15, -0.1) is 5.10 Å². The Morgan fingerprint density at radius 2 is 2.08 bits per heavy atom. The van der Waals surface area contributed by atoms with Crippen molar-refractivity contribution in [2.24, 2.45) is 0 Å². The predicted molar refractivity (Wildman–Crippen MR) is 84.0 cm³/mol. The summed E-state index contributed by atoms with van der Waals surface area (Å²) < 4.78 is 6.67. The van der Waals surface area contributed by atoms with Gasteiger partial charge in [-0.1, -0.05) is 17.3 Å². The molecule has 2 aromatic rings. The van der Waals surface area contributed by atoms with Gasteiger partial charge in [-0.05, 0) is 24.6 Å². The Balaban J connectivity index is 1.79. The molecule has 2 N–H and O–H groups in total. The van der Waals surface area contributed by atoms with Gasteiger partial charge < -0.3 is 15.2 Å². The van der Waals surface area contributed by atoms with E-state index < -0.39 is 17.4 Å². The van der Waals surface area contributed by atoms with Gasteiger partial charge in [0.2, 0.25) is 0 Å². The maximum Gasteiger partial charge on any atom is 0.329 e. The molecule has 1 aliphatic rings. The third-order valence-corrected chi connectivity index (χ3v) is 4.10. The Morgan fingerprint density at radius 3 is 2.75 bits per heavy atom. The first-order valence-electron chi connectivity index (χ1n) is 7.63. The Morgan fingerprint density at radius 1 is 1.33 bits per heavy atom. The predicted octanol–water partition coefficient (Wildman–Crippen LogP) is 0.939. The number of nitrogens with zero attached hydrogens (tertiary/aromatic N) is 3. The number of ether oxygens (including phenoxy) is 1. The number of nitrogens with one attached hydrogen (secondary N) is 1. The summed E-state index contributed by atoms with van der Waals surface area (Å²) >= 11 is 0. The largest absolute Gasteiger partial charge is 0.480 e. The van der Waals surface area contributed by atoms with Crippen molar-refractivity contribution >= 4 is 11.9 Å². The highest BCUT2D eigenvalue weighted by Crippen LogP contribution is 2.21. The van der Waals surface area contributed by atoms with Crippen molar-refractivity contribution in [3.8, 4) is 5.69 Å². The lowest BCUT2D eigenvalue weighted by atomic mass is 9.90. The fourth-order valence-corrected chi connectivity index (χ4v) is 2.66. The number of aromatic nitrogens is 3. The van der Waals surface area contributed by atoms with E-state index in [0.29, 0.717) is 13.2 Å². The molecule has 1 saturated heterocycles. The van der Waals surface area contributed by atoms with Crippen LogP contribution in [0.2, 0.25) is 0 Å². The van der Waals surface area contributed by atoms with Crippen LogP contribution in [0.3, 0.4) is 0 Å². The number of aliphatic carboxylic acids is 1. The van der Waals surface area contributed by atoms with Crippen molar-refractivity contribution < 1.29 is 19.4 Å². The van der Waals surface area contributed by atoms with E-state index >= 15 is 0 Å². The van der Waals surface area contributed by atoms with Gasteiger partial charge in [0.25, 0.3) is 5.91 Å². The molecule has 0 radical (unpaired) electrons. The number of carbonyl (C=O) groups excluding carboxylic acids is 1. The molecule has 1 amide bonds. The molecule has 1 aromatic heterocycles. The molecular formula is C16H18N4O4. The highest BCUT2D eigenvalue weighted by Gasteiger charge is 2.42. The lowest BCUT2D eigenvalue weighted by Gasteiger charge is -2.33. The topological polar surface area (TPSA) is 106 Å². The van der Waals surface area contributed by atoms with Crippen molar-refractivity contribution in [2.45, 2.75) is 25.3 Å². The second-order valence-corrected chi connectivity index (χ2v) is 5.84.